The number of rotatable bonds is 5. The van der Waals surface area contributed by atoms with Crippen LogP contribution < -0.4 is 0 Å². The summed E-state index contributed by atoms with van der Waals surface area (Å²) in [6.07, 6.45) is 0. The molecule has 1 heterocycles. The Bertz CT molecular complexity index is 2480. The molecule has 0 atom stereocenters. The molecule has 0 amide bonds. The average Bonchev–Trinajstić information content (AvgIpc) is 3.50. The van der Waals surface area contributed by atoms with Crippen LogP contribution in [0.15, 0.2) is 158 Å². The number of nitrogens with zero attached hydrogens (tertiary/aromatic N) is 4. The van der Waals surface area contributed by atoms with Crippen molar-refractivity contribution in [3.63, 3.8) is 0 Å². The normalized spacial score (nSPS) is 10.8. The third-order valence-electron chi connectivity index (χ3n) is 9.14. The zero-order valence-corrected chi connectivity index (χ0v) is 26.3. The van der Waals surface area contributed by atoms with Crippen molar-refractivity contribution in [1.82, 2.24) is 4.57 Å². The van der Waals surface area contributed by atoms with Crippen LogP contribution in [0, 0.1) is 34.0 Å². The van der Waals surface area contributed by atoms with E-state index in [-0.39, 0.29) is 11.1 Å². The molecule has 4 heteroatoms. The number of hydrogen-bond donors (Lipinski definition) is 0. The summed E-state index contributed by atoms with van der Waals surface area (Å²) in [5, 5.41) is 34.9. The van der Waals surface area contributed by atoms with E-state index < -0.39 is 0 Å². The first-order valence-corrected chi connectivity index (χ1v) is 16.0. The minimum Gasteiger partial charge on any atom is -0.307 e. The summed E-state index contributed by atoms with van der Waals surface area (Å²) < 4.78 is 2.07. The molecule has 0 N–H and O–H groups in total. The van der Waals surface area contributed by atoms with Gasteiger partial charge in [0.15, 0.2) is 0 Å². The summed E-state index contributed by atoms with van der Waals surface area (Å²) in [4.78, 5) is 0. The lowest BCUT2D eigenvalue weighted by molar-refractivity contribution is 1.15. The summed E-state index contributed by atoms with van der Waals surface area (Å²) in [5.41, 5.74) is 9.62. The lowest BCUT2D eigenvalue weighted by Crippen LogP contribution is -2.08. The van der Waals surface area contributed by atoms with E-state index in [1.807, 2.05) is 97.1 Å². The van der Waals surface area contributed by atoms with E-state index in [1.165, 1.54) is 0 Å². The largest absolute Gasteiger partial charge is 0.307 e. The molecule has 0 unspecified atom stereocenters. The highest BCUT2D eigenvalue weighted by atomic mass is 15.0. The second kappa shape index (κ2) is 12.2. The maximum absolute atomic E-state index is 11.1. The van der Waals surface area contributed by atoms with Crippen molar-refractivity contribution in [2.45, 2.75) is 0 Å². The fourth-order valence-electron chi connectivity index (χ4n) is 6.96. The summed E-state index contributed by atoms with van der Waals surface area (Å²) in [6.45, 7) is 0. The predicted octanol–water partition coefficient (Wildman–Crippen LogP) is 11.1. The maximum atomic E-state index is 11.1. The van der Waals surface area contributed by atoms with Crippen LogP contribution in [0.4, 0.5) is 0 Å². The minimum absolute atomic E-state index is 0.271. The van der Waals surface area contributed by atoms with E-state index in [9.17, 15) is 15.8 Å². The Labute approximate surface area is 284 Å². The minimum atomic E-state index is 0.271. The van der Waals surface area contributed by atoms with Gasteiger partial charge < -0.3 is 4.57 Å². The van der Waals surface area contributed by atoms with Crippen molar-refractivity contribution in [2.75, 3.05) is 0 Å². The fourth-order valence-corrected chi connectivity index (χ4v) is 6.96. The zero-order valence-electron chi connectivity index (χ0n) is 26.3. The Morgan fingerprint density at radius 3 is 1.04 bits per heavy atom. The molecular formula is C45H26N4. The molecule has 4 nitrogen and oxygen atoms in total. The van der Waals surface area contributed by atoms with E-state index >= 15 is 0 Å². The zero-order chi connectivity index (χ0) is 33.3. The second-order valence-electron chi connectivity index (χ2n) is 11.8. The van der Waals surface area contributed by atoms with Crippen LogP contribution in [0.25, 0.3) is 72.0 Å². The van der Waals surface area contributed by atoms with Gasteiger partial charge in [0.25, 0.3) is 0 Å². The molecule has 0 aliphatic heterocycles. The van der Waals surface area contributed by atoms with Gasteiger partial charge in [-0.15, -0.1) is 0 Å². The molecule has 0 saturated heterocycles. The standard InChI is InChI=1S/C45H26N4/c46-27-38-43(32-17-9-3-10-18-32)39(28-47)45(40(29-48)44(38)33-19-11-4-12-20-33)49-41-25-34(30-13-5-1-6-14-30)21-23-36(41)37-24-22-35(26-42(37)49)31-15-7-2-8-16-31/h1-26H. The molecule has 226 valence electrons. The second-order valence-corrected chi connectivity index (χ2v) is 11.8. The van der Waals surface area contributed by atoms with Gasteiger partial charge in [0.05, 0.1) is 33.4 Å². The van der Waals surface area contributed by atoms with Crippen LogP contribution in [0.3, 0.4) is 0 Å². The fraction of sp³-hybridized carbons (Fsp3) is 0. The summed E-state index contributed by atoms with van der Waals surface area (Å²) >= 11 is 0. The number of hydrogen-bond acceptors (Lipinski definition) is 3. The van der Waals surface area contributed by atoms with E-state index in [2.05, 4.69) is 83.4 Å². The van der Waals surface area contributed by atoms with Gasteiger partial charge in [-0.2, -0.15) is 15.8 Å². The molecule has 1 aromatic heterocycles. The molecule has 0 aliphatic carbocycles. The first kappa shape index (κ1) is 29.2. The van der Waals surface area contributed by atoms with Crippen molar-refractivity contribution >= 4 is 21.8 Å². The van der Waals surface area contributed by atoms with Gasteiger partial charge in [0, 0.05) is 21.9 Å². The Kier molecular flexibility index (Phi) is 7.28. The van der Waals surface area contributed by atoms with E-state index in [0.717, 1.165) is 55.2 Å². The molecule has 0 bridgehead atoms. The van der Waals surface area contributed by atoms with Gasteiger partial charge in [-0.3, -0.25) is 0 Å². The van der Waals surface area contributed by atoms with Crippen LogP contribution >= 0.6 is 0 Å². The Morgan fingerprint density at radius 2 is 0.694 bits per heavy atom. The molecule has 0 aliphatic rings. The van der Waals surface area contributed by atoms with Crippen molar-refractivity contribution < 1.29 is 0 Å². The Morgan fingerprint density at radius 1 is 0.347 bits per heavy atom. The first-order valence-electron chi connectivity index (χ1n) is 16.0. The molecule has 8 aromatic rings. The Balaban J connectivity index is 1.60. The summed E-state index contributed by atoms with van der Waals surface area (Å²) in [7, 11) is 0. The molecule has 7 aromatic carbocycles. The van der Waals surface area contributed by atoms with Gasteiger partial charge >= 0.3 is 0 Å². The smallest absolute Gasteiger partial charge is 0.102 e. The van der Waals surface area contributed by atoms with Gasteiger partial charge in [-0.05, 0) is 45.5 Å². The molecule has 0 radical (unpaired) electrons. The Hall–Kier alpha value is -7.19. The highest BCUT2D eigenvalue weighted by molar-refractivity contribution is 6.12. The van der Waals surface area contributed by atoms with Gasteiger partial charge in [0.2, 0.25) is 0 Å². The van der Waals surface area contributed by atoms with Gasteiger partial charge in [-0.1, -0.05) is 146 Å². The molecule has 8 rings (SSSR count). The van der Waals surface area contributed by atoms with Crippen LogP contribution in [-0.2, 0) is 0 Å². The van der Waals surface area contributed by atoms with Crippen molar-refractivity contribution in [1.29, 1.82) is 15.8 Å². The lowest BCUT2D eigenvalue weighted by Gasteiger charge is -2.21. The molecular weight excluding hydrogens is 597 g/mol. The van der Waals surface area contributed by atoms with Crippen LogP contribution in [0.2, 0.25) is 0 Å². The number of fused-ring (bicyclic) bond motifs is 3. The highest BCUT2D eigenvalue weighted by Gasteiger charge is 2.29. The van der Waals surface area contributed by atoms with E-state index in [4.69, 9.17) is 0 Å². The third kappa shape index (κ3) is 4.83. The average molecular weight is 623 g/mol. The van der Waals surface area contributed by atoms with Crippen LogP contribution in [0.1, 0.15) is 16.7 Å². The molecule has 0 fully saturated rings. The van der Waals surface area contributed by atoms with Gasteiger partial charge in [0.1, 0.15) is 18.2 Å². The molecule has 0 spiro atoms. The monoisotopic (exact) mass is 622 g/mol. The molecule has 49 heavy (non-hydrogen) atoms. The lowest BCUT2D eigenvalue weighted by atomic mass is 9.84. The maximum Gasteiger partial charge on any atom is 0.102 e. The van der Waals surface area contributed by atoms with Gasteiger partial charge in [-0.25, -0.2) is 0 Å². The topological polar surface area (TPSA) is 76.3 Å². The SMILES string of the molecule is N#Cc1c(-c2ccccc2)c(C#N)c(-n2c3cc(-c4ccccc4)ccc3c3ccc(-c4ccccc4)cc32)c(C#N)c1-c1ccccc1. The van der Waals surface area contributed by atoms with Crippen LogP contribution in [0.5, 0.6) is 0 Å². The third-order valence-corrected chi connectivity index (χ3v) is 9.14. The van der Waals surface area contributed by atoms with E-state index in [0.29, 0.717) is 22.4 Å². The predicted molar refractivity (Wildman–Crippen MR) is 197 cm³/mol. The summed E-state index contributed by atoms with van der Waals surface area (Å²) in [6, 6.07) is 59.5. The number of nitriles is 3. The van der Waals surface area contributed by atoms with Crippen molar-refractivity contribution in [3.05, 3.63) is 174 Å². The van der Waals surface area contributed by atoms with Crippen molar-refractivity contribution in [2.24, 2.45) is 0 Å². The van der Waals surface area contributed by atoms with Crippen molar-refractivity contribution in [3.8, 4) is 68.4 Å². The summed E-state index contributed by atoms with van der Waals surface area (Å²) in [5.74, 6) is 0. The quantitative estimate of drug-likeness (QED) is 0.192. The first-order chi connectivity index (χ1) is 24.2. The van der Waals surface area contributed by atoms with E-state index in [1.54, 1.807) is 0 Å². The molecule has 0 saturated carbocycles. The van der Waals surface area contributed by atoms with Crippen LogP contribution in [-0.4, -0.2) is 4.57 Å². The number of aromatic nitrogens is 1. The number of benzene rings is 7. The highest BCUT2D eigenvalue weighted by Crippen LogP contribution is 2.45.